The van der Waals surface area contributed by atoms with Gasteiger partial charge in [-0.15, -0.1) is 0 Å². The van der Waals surface area contributed by atoms with Gasteiger partial charge >= 0.3 is 0 Å². The van der Waals surface area contributed by atoms with E-state index in [1.165, 1.54) is 12.8 Å². The normalized spacial score (nSPS) is 25.7. The minimum Gasteiger partial charge on any atom is -0.381 e. The topological polar surface area (TPSA) is 83.6 Å². The molecule has 0 radical (unpaired) electrons. The summed E-state index contributed by atoms with van der Waals surface area (Å²) in [6.45, 7) is 3.12. The Morgan fingerprint density at radius 2 is 1.86 bits per heavy atom. The number of rotatable bonds is 8. The third-order valence-corrected chi connectivity index (χ3v) is 6.34. The van der Waals surface area contributed by atoms with E-state index in [0.717, 1.165) is 51.4 Å². The first-order valence-electron chi connectivity index (χ1n) is 11.0. The molecule has 0 spiro atoms. The number of nitrogens with zero attached hydrogens (tertiary/aromatic N) is 2. The van der Waals surface area contributed by atoms with Crippen LogP contribution in [0.3, 0.4) is 0 Å². The van der Waals surface area contributed by atoms with Gasteiger partial charge in [0.1, 0.15) is 5.69 Å². The summed E-state index contributed by atoms with van der Waals surface area (Å²) in [7, 11) is 0. The van der Waals surface area contributed by atoms with Crippen molar-refractivity contribution in [1.29, 1.82) is 0 Å². The lowest BCUT2D eigenvalue weighted by Gasteiger charge is -2.31. The number of ether oxygens (including phenoxy) is 1. The SMILES string of the molecule is O=C(C[C@H]1CC[C@@H](CNC(=O)c2ccccn2)N1CC1CC1)NC1CCOCC1. The van der Waals surface area contributed by atoms with E-state index in [-0.39, 0.29) is 23.9 Å². The molecule has 29 heavy (non-hydrogen) atoms. The van der Waals surface area contributed by atoms with E-state index in [1.807, 2.05) is 6.07 Å². The van der Waals surface area contributed by atoms with Gasteiger partial charge < -0.3 is 15.4 Å². The number of aromatic nitrogens is 1. The average molecular weight is 401 g/mol. The highest BCUT2D eigenvalue weighted by atomic mass is 16.5. The molecule has 4 rings (SSSR count). The number of pyridine rings is 1. The molecule has 7 nitrogen and oxygen atoms in total. The van der Waals surface area contributed by atoms with E-state index in [1.54, 1.807) is 18.3 Å². The molecule has 1 saturated carbocycles. The van der Waals surface area contributed by atoms with Crippen LogP contribution in [0.5, 0.6) is 0 Å². The van der Waals surface area contributed by atoms with Gasteiger partial charge in [0.25, 0.3) is 5.91 Å². The quantitative estimate of drug-likeness (QED) is 0.695. The molecule has 7 heteroatoms. The van der Waals surface area contributed by atoms with Crippen molar-refractivity contribution in [3.8, 4) is 0 Å². The zero-order valence-electron chi connectivity index (χ0n) is 17.0. The van der Waals surface area contributed by atoms with Crippen molar-refractivity contribution in [2.24, 2.45) is 5.92 Å². The number of hydrogen-bond donors (Lipinski definition) is 2. The van der Waals surface area contributed by atoms with Crippen LogP contribution in [0.15, 0.2) is 24.4 Å². The second-order valence-corrected chi connectivity index (χ2v) is 8.61. The summed E-state index contributed by atoms with van der Waals surface area (Å²) in [4.78, 5) is 31.6. The molecule has 2 amide bonds. The van der Waals surface area contributed by atoms with Gasteiger partial charge in [0.15, 0.2) is 0 Å². The van der Waals surface area contributed by atoms with E-state index >= 15 is 0 Å². The average Bonchev–Trinajstić information content (AvgIpc) is 3.49. The fourth-order valence-electron chi connectivity index (χ4n) is 4.49. The number of nitrogens with one attached hydrogen (secondary N) is 2. The second kappa shape index (κ2) is 9.67. The monoisotopic (exact) mass is 400 g/mol. The Morgan fingerprint density at radius 3 is 2.59 bits per heavy atom. The standard InChI is InChI=1S/C22H32N4O3/c27-21(25-17-8-11-29-12-9-17)13-18-6-7-19(26(18)15-16-4-5-16)14-24-22(28)20-3-1-2-10-23-20/h1-3,10,16-19H,4-9,11-15H2,(H,24,28)(H,25,27)/t18-,19+/m1/s1. The zero-order chi connectivity index (χ0) is 20.1. The maximum Gasteiger partial charge on any atom is 0.269 e. The Balaban J connectivity index is 1.30. The predicted octanol–water partition coefficient (Wildman–Crippen LogP) is 1.74. The summed E-state index contributed by atoms with van der Waals surface area (Å²) < 4.78 is 5.38. The Kier molecular flexibility index (Phi) is 6.77. The first kappa shape index (κ1) is 20.3. The molecule has 3 heterocycles. The lowest BCUT2D eigenvalue weighted by molar-refractivity contribution is -0.123. The first-order valence-corrected chi connectivity index (χ1v) is 11.0. The van der Waals surface area contributed by atoms with Crippen LogP contribution >= 0.6 is 0 Å². The third kappa shape index (κ3) is 5.76. The summed E-state index contributed by atoms with van der Waals surface area (Å²) in [5.74, 6) is 0.779. The molecular weight excluding hydrogens is 368 g/mol. The summed E-state index contributed by atoms with van der Waals surface area (Å²) in [5, 5.41) is 6.24. The molecule has 0 bridgehead atoms. The van der Waals surface area contributed by atoms with Gasteiger partial charge in [-0.3, -0.25) is 19.5 Å². The van der Waals surface area contributed by atoms with Crippen LogP contribution in [0.2, 0.25) is 0 Å². The van der Waals surface area contributed by atoms with Crippen molar-refractivity contribution in [1.82, 2.24) is 20.5 Å². The highest BCUT2D eigenvalue weighted by Crippen LogP contribution is 2.35. The van der Waals surface area contributed by atoms with Gasteiger partial charge in [-0.2, -0.15) is 0 Å². The fraction of sp³-hybridized carbons (Fsp3) is 0.682. The molecule has 2 atom stereocenters. The molecule has 158 valence electrons. The molecule has 0 aromatic carbocycles. The molecule has 0 unspecified atom stereocenters. The van der Waals surface area contributed by atoms with Crippen molar-refractivity contribution in [3.05, 3.63) is 30.1 Å². The van der Waals surface area contributed by atoms with Crippen LogP contribution in [0.1, 0.15) is 55.4 Å². The van der Waals surface area contributed by atoms with Gasteiger partial charge in [0, 0.05) is 57.0 Å². The lowest BCUT2D eigenvalue weighted by Crippen LogP contribution is -2.46. The maximum atomic E-state index is 12.6. The third-order valence-electron chi connectivity index (χ3n) is 6.34. The van der Waals surface area contributed by atoms with Gasteiger partial charge in [-0.05, 0) is 56.6 Å². The summed E-state index contributed by atoms with van der Waals surface area (Å²) in [6.07, 6.45) is 8.60. The molecule has 3 fully saturated rings. The molecule has 2 aliphatic heterocycles. The van der Waals surface area contributed by atoms with Crippen LogP contribution < -0.4 is 10.6 Å². The largest absolute Gasteiger partial charge is 0.381 e. The van der Waals surface area contributed by atoms with Gasteiger partial charge in [0.05, 0.1) is 0 Å². The van der Waals surface area contributed by atoms with E-state index in [2.05, 4.69) is 20.5 Å². The maximum absolute atomic E-state index is 12.6. The molecule has 2 saturated heterocycles. The van der Waals surface area contributed by atoms with E-state index in [9.17, 15) is 9.59 Å². The smallest absolute Gasteiger partial charge is 0.269 e. The van der Waals surface area contributed by atoms with Crippen molar-refractivity contribution >= 4 is 11.8 Å². The van der Waals surface area contributed by atoms with Crippen molar-refractivity contribution in [2.75, 3.05) is 26.3 Å². The van der Waals surface area contributed by atoms with Gasteiger partial charge in [-0.25, -0.2) is 0 Å². The number of amides is 2. The lowest BCUT2D eigenvalue weighted by atomic mass is 10.1. The summed E-state index contributed by atoms with van der Waals surface area (Å²) in [6, 6.07) is 6.18. The Hall–Kier alpha value is -1.99. The highest BCUT2D eigenvalue weighted by Gasteiger charge is 2.38. The Bertz CT molecular complexity index is 689. The number of likely N-dealkylation sites (tertiary alicyclic amines) is 1. The Morgan fingerprint density at radius 1 is 1.07 bits per heavy atom. The number of hydrogen-bond acceptors (Lipinski definition) is 5. The summed E-state index contributed by atoms with van der Waals surface area (Å²) >= 11 is 0. The van der Waals surface area contributed by atoms with Crippen LogP contribution in [0, 0.1) is 5.92 Å². The molecule has 2 N–H and O–H groups in total. The zero-order valence-corrected chi connectivity index (χ0v) is 17.0. The predicted molar refractivity (Wildman–Crippen MR) is 109 cm³/mol. The molecule has 1 aromatic rings. The number of carbonyl (C=O) groups excluding carboxylic acids is 2. The molecule has 1 aromatic heterocycles. The van der Waals surface area contributed by atoms with Crippen molar-refractivity contribution in [3.63, 3.8) is 0 Å². The van der Waals surface area contributed by atoms with Crippen LogP contribution in [0.4, 0.5) is 0 Å². The van der Waals surface area contributed by atoms with Crippen molar-refractivity contribution < 1.29 is 14.3 Å². The van der Waals surface area contributed by atoms with Gasteiger partial charge in [-0.1, -0.05) is 6.07 Å². The molecule has 1 aliphatic carbocycles. The minimum absolute atomic E-state index is 0.127. The van der Waals surface area contributed by atoms with E-state index in [0.29, 0.717) is 24.7 Å². The van der Waals surface area contributed by atoms with E-state index in [4.69, 9.17) is 4.74 Å². The van der Waals surface area contributed by atoms with Crippen LogP contribution in [-0.2, 0) is 9.53 Å². The first-order chi connectivity index (χ1) is 14.2. The van der Waals surface area contributed by atoms with E-state index < -0.39 is 0 Å². The summed E-state index contributed by atoms with van der Waals surface area (Å²) in [5.41, 5.74) is 0.451. The highest BCUT2D eigenvalue weighted by molar-refractivity contribution is 5.92. The minimum atomic E-state index is -0.127. The molecular formula is C22H32N4O3. The fourth-order valence-corrected chi connectivity index (χ4v) is 4.49. The van der Waals surface area contributed by atoms with Crippen molar-refractivity contribution in [2.45, 2.75) is 63.1 Å². The van der Waals surface area contributed by atoms with Gasteiger partial charge in [0.2, 0.25) is 5.91 Å². The number of carbonyl (C=O) groups is 2. The molecule has 3 aliphatic rings. The van der Waals surface area contributed by atoms with Crippen LogP contribution in [0.25, 0.3) is 0 Å². The second-order valence-electron chi connectivity index (χ2n) is 8.61. The van der Waals surface area contributed by atoms with Crippen LogP contribution in [-0.4, -0.2) is 66.1 Å². The Labute approximate surface area is 172 Å².